The van der Waals surface area contributed by atoms with Crippen molar-refractivity contribution in [3.63, 3.8) is 0 Å². The Hall–Kier alpha value is -2.43. The van der Waals surface area contributed by atoms with Crippen LogP contribution in [0.4, 0.5) is 0 Å². The molecule has 2 rings (SSSR count). The molecule has 0 aliphatic heterocycles. The average molecular weight is 444 g/mol. The fourth-order valence-corrected chi connectivity index (χ4v) is 3.93. The smallest absolute Gasteiger partial charge is 0.353 e. The van der Waals surface area contributed by atoms with E-state index in [4.69, 9.17) is 11.6 Å². The van der Waals surface area contributed by atoms with Gasteiger partial charge in [-0.15, -0.1) is 0 Å². The van der Waals surface area contributed by atoms with Gasteiger partial charge in [0.2, 0.25) is 0 Å². The Balaban J connectivity index is 0.00000218. The molecule has 0 aliphatic carbocycles. The number of benzene rings is 1. The molecule has 0 bridgehead atoms. The first kappa shape index (κ1) is 25.6. The number of hydrogen-bond acceptors (Lipinski definition) is 2. The van der Waals surface area contributed by atoms with Gasteiger partial charge in [-0.25, -0.2) is 4.79 Å². The Morgan fingerprint density at radius 2 is 1.90 bits per heavy atom. The molecule has 0 unspecified atom stereocenters. The van der Waals surface area contributed by atoms with E-state index in [0.29, 0.717) is 16.5 Å². The van der Waals surface area contributed by atoms with Crippen molar-refractivity contribution >= 4 is 40.2 Å². The van der Waals surface area contributed by atoms with E-state index >= 15 is 0 Å². The third-order valence-corrected chi connectivity index (χ3v) is 5.24. The average Bonchev–Trinajstić information content (AvgIpc) is 2.98. The molecule has 30 heavy (non-hydrogen) atoms. The lowest BCUT2D eigenvalue weighted by atomic mass is 10.2. The van der Waals surface area contributed by atoms with Crippen molar-refractivity contribution in [2.75, 3.05) is 0 Å². The first-order valence-electron chi connectivity index (χ1n) is 9.78. The van der Waals surface area contributed by atoms with Crippen LogP contribution in [0, 0.1) is 0 Å². The molecular weight excluding hydrogens is 414 g/mol. The topological polar surface area (TPSA) is 42.2 Å². The second-order valence-corrected chi connectivity index (χ2v) is 8.17. The Kier molecular flexibility index (Phi) is 10.5. The molecule has 0 aliphatic rings. The highest BCUT2D eigenvalue weighted by Gasteiger charge is 2.23. The number of aromatic carboxylic acids is 1. The van der Waals surface area contributed by atoms with E-state index < -0.39 is 5.97 Å². The predicted octanol–water partition coefficient (Wildman–Crippen LogP) is 8.28. The molecule has 1 heterocycles. The van der Waals surface area contributed by atoms with Crippen LogP contribution in [0.5, 0.6) is 0 Å². The van der Waals surface area contributed by atoms with Crippen molar-refractivity contribution in [2.45, 2.75) is 46.1 Å². The number of aromatic nitrogens is 1. The van der Waals surface area contributed by atoms with E-state index in [1.165, 1.54) is 11.8 Å². The highest BCUT2D eigenvalue weighted by atomic mass is 35.5. The second kappa shape index (κ2) is 12.3. The monoisotopic (exact) mass is 443 g/mol. The van der Waals surface area contributed by atoms with Gasteiger partial charge in [0.15, 0.2) is 0 Å². The van der Waals surface area contributed by atoms with E-state index in [9.17, 15) is 9.90 Å². The molecule has 0 radical (unpaired) electrons. The molecule has 2 aromatic rings. The summed E-state index contributed by atoms with van der Waals surface area (Å²) < 4.78 is 1.78. The van der Waals surface area contributed by atoms with Crippen LogP contribution in [0.2, 0.25) is 5.02 Å². The third kappa shape index (κ3) is 6.82. The fraction of sp³-hybridized carbons (Fsp3) is 0.240. The standard InChI is InChI=1S/C23H24ClNO2S.C2H6/c1-6-7-8-17(5)28-22-19-13-18(24)11-12-20(19)25(21(22)23(26)27)14-16(4)10-9-15(2)3;1-2/h6-13H,2,4,14H2,1,3,5H3,(H,26,27);1-2H3/b7-6-,10-9-,17-8+;. The normalized spacial score (nSPS) is 11.7. The number of rotatable bonds is 8. The molecule has 160 valence electrons. The summed E-state index contributed by atoms with van der Waals surface area (Å²) in [6, 6.07) is 5.45. The number of carbonyl (C=O) groups is 1. The zero-order chi connectivity index (χ0) is 22.8. The Labute approximate surface area is 189 Å². The molecule has 0 saturated heterocycles. The molecule has 0 spiro atoms. The van der Waals surface area contributed by atoms with Crippen molar-refractivity contribution in [2.24, 2.45) is 0 Å². The first-order chi connectivity index (χ1) is 14.2. The van der Waals surface area contributed by atoms with Crippen LogP contribution in [0.15, 0.2) is 82.7 Å². The third-order valence-electron chi connectivity index (χ3n) is 3.93. The van der Waals surface area contributed by atoms with Gasteiger partial charge in [0.1, 0.15) is 5.69 Å². The minimum absolute atomic E-state index is 0.236. The predicted molar refractivity (Wildman–Crippen MR) is 133 cm³/mol. The van der Waals surface area contributed by atoms with E-state index in [1.807, 2.05) is 77.1 Å². The van der Waals surface area contributed by atoms with Gasteiger partial charge in [0.05, 0.1) is 10.4 Å². The van der Waals surface area contributed by atoms with E-state index in [2.05, 4.69) is 13.2 Å². The number of carboxylic acid groups (broad SMARTS) is 1. The van der Waals surface area contributed by atoms with Crippen molar-refractivity contribution in [3.05, 3.63) is 88.5 Å². The number of nitrogens with zero attached hydrogens (tertiary/aromatic N) is 1. The lowest BCUT2D eigenvalue weighted by Crippen LogP contribution is -2.10. The number of halogens is 1. The van der Waals surface area contributed by atoms with Crippen molar-refractivity contribution in [1.29, 1.82) is 0 Å². The van der Waals surface area contributed by atoms with Gasteiger partial charge >= 0.3 is 5.97 Å². The van der Waals surface area contributed by atoms with Crippen LogP contribution in [0.3, 0.4) is 0 Å². The van der Waals surface area contributed by atoms with E-state index in [0.717, 1.165) is 27.0 Å². The summed E-state index contributed by atoms with van der Waals surface area (Å²) in [5.41, 5.74) is 2.74. The summed E-state index contributed by atoms with van der Waals surface area (Å²) in [6.07, 6.45) is 9.54. The number of fused-ring (bicyclic) bond motifs is 1. The highest BCUT2D eigenvalue weighted by molar-refractivity contribution is 8.03. The number of thioether (sulfide) groups is 1. The van der Waals surface area contributed by atoms with Gasteiger partial charge in [0.25, 0.3) is 0 Å². The molecule has 3 nitrogen and oxygen atoms in total. The van der Waals surface area contributed by atoms with Gasteiger partial charge in [-0.05, 0) is 49.4 Å². The molecule has 5 heteroatoms. The van der Waals surface area contributed by atoms with Gasteiger partial charge in [-0.2, -0.15) is 0 Å². The maximum absolute atomic E-state index is 12.2. The van der Waals surface area contributed by atoms with Crippen molar-refractivity contribution < 1.29 is 9.90 Å². The summed E-state index contributed by atoms with van der Waals surface area (Å²) in [5.74, 6) is -0.981. The number of carboxylic acids is 1. The van der Waals surface area contributed by atoms with E-state index in [1.54, 1.807) is 10.6 Å². The van der Waals surface area contributed by atoms with Crippen LogP contribution < -0.4 is 0 Å². The van der Waals surface area contributed by atoms with Crippen LogP contribution in [-0.2, 0) is 6.54 Å². The van der Waals surface area contributed by atoms with Gasteiger partial charge in [-0.3, -0.25) is 0 Å². The molecule has 1 aromatic carbocycles. The van der Waals surface area contributed by atoms with Crippen LogP contribution in [0.1, 0.15) is 45.1 Å². The fourth-order valence-electron chi connectivity index (χ4n) is 2.72. The number of allylic oxidation sites excluding steroid dienone is 8. The Bertz CT molecular complexity index is 1030. The molecule has 0 fully saturated rings. The molecule has 0 atom stereocenters. The minimum atomic E-state index is -0.981. The van der Waals surface area contributed by atoms with Crippen molar-refractivity contribution in [1.82, 2.24) is 4.57 Å². The summed E-state index contributed by atoms with van der Waals surface area (Å²) >= 11 is 7.64. The Morgan fingerprint density at radius 1 is 1.23 bits per heavy atom. The zero-order valence-electron chi connectivity index (χ0n) is 18.3. The number of hydrogen-bond donors (Lipinski definition) is 1. The van der Waals surface area contributed by atoms with Crippen molar-refractivity contribution in [3.8, 4) is 0 Å². The SMILES string of the molecule is C=C(C)/C=C\C(=C)Cn1c(C(=O)O)c(S/C(C)=C/C=C\C)c2cc(Cl)ccc21.CC. The molecule has 1 N–H and O–H groups in total. The Morgan fingerprint density at radius 3 is 2.47 bits per heavy atom. The van der Waals surface area contributed by atoms with Crippen LogP contribution >= 0.6 is 23.4 Å². The van der Waals surface area contributed by atoms with Gasteiger partial charge < -0.3 is 9.67 Å². The lowest BCUT2D eigenvalue weighted by Gasteiger charge is -2.09. The molecule has 0 amide bonds. The summed E-state index contributed by atoms with van der Waals surface area (Å²) in [5, 5.41) is 11.4. The quantitative estimate of drug-likeness (QED) is 0.329. The molecule has 1 aromatic heterocycles. The second-order valence-electron chi connectivity index (χ2n) is 6.47. The minimum Gasteiger partial charge on any atom is -0.477 e. The van der Waals surface area contributed by atoms with Gasteiger partial charge in [-0.1, -0.05) is 86.3 Å². The summed E-state index contributed by atoms with van der Waals surface area (Å²) in [7, 11) is 0. The zero-order valence-corrected chi connectivity index (χ0v) is 19.9. The maximum atomic E-state index is 12.2. The molecular formula is C25H30ClNO2S. The first-order valence-corrected chi connectivity index (χ1v) is 11.0. The molecule has 0 saturated carbocycles. The largest absolute Gasteiger partial charge is 0.477 e. The van der Waals surface area contributed by atoms with Crippen LogP contribution in [-0.4, -0.2) is 15.6 Å². The summed E-state index contributed by atoms with van der Waals surface area (Å²) in [4.78, 5) is 13.8. The summed E-state index contributed by atoms with van der Waals surface area (Å²) in [6.45, 7) is 18.1. The van der Waals surface area contributed by atoms with E-state index in [-0.39, 0.29) is 5.69 Å². The van der Waals surface area contributed by atoms with Gasteiger partial charge in [0, 0.05) is 17.0 Å². The highest BCUT2D eigenvalue weighted by Crippen LogP contribution is 2.39. The van der Waals surface area contributed by atoms with Crippen LogP contribution in [0.25, 0.3) is 10.9 Å². The lowest BCUT2D eigenvalue weighted by molar-refractivity contribution is 0.0682. The maximum Gasteiger partial charge on any atom is 0.353 e.